The summed E-state index contributed by atoms with van der Waals surface area (Å²) in [6, 6.07) is 20.7. The minimum Gasteiger partial charge on any atom is -0.493 e. The number of benzene rings is 3. The number of thiocarbonyl (C=S) groups is 1. The Hall–Kier alpha value is -5.82. The van der Waals surface area contributed by atoms with Gasteiger partial charge in [0.15, 0.2) is 17.3 Å². The maximum absolute atomic E-state index is 14.0. The van der Waals surface area contributed by atoms with Crippen LogP contribution in [0, 0.1) is 34.0 Å². The lowest BCUT2D eigenvalue weighted by Gasteiger charge is -2.57. The summed E-state index contributed by atoms with van der Waals surface area (Å²) in [5.41, 5.74) is 2.14. The van der Waals surface area contributed by atoms with Gasteiger partial charge in [0.05, 0.1) is 35.7 Å². The summed E-state index contributed by atoms with van der Waals surface area (Å²) in [6.07, 6.45) is 8.54. The van der Waals surface area contributed by atoms with Gasteiger partial charge in [-0.2, -0.15) is 5.26 Å². The van der Waals surface area contributed by atoms with Crippen LogP contribution in [-0.4, -0.2) is 82.6 Å². The lowest BCUT2D eigenvalue weighted by molar-refractivity contribution is -0.145. The number of ether oxygens (including phenoxy) is 2. The summed E-state index contributed by atoms with van der Waals surface area (Å²) in [5.74, 6) is 1.20. The molecule has 3 aromatic carbocycles. The summed E-state index contributed by atoms with van der Waals surface area (Å²) >= 11 is 12.1. The van der Waals surface area contributed by atoms with Crippen molar-refractivity contribution in [2.75, 3.05) is 36.2 Å². The molecule has 2 saturated heterocycles. The van der Waals surface area contributed by atoms with E-state index in [1.807, 2.05) is 94.1 Å². The number of nitrogens with zero attached hydrogens (tertiary/aromatic N) is 5. The van der Waals surface area contributed by atoms with E-state index in [0.29, 0.717) is 78.5 Å². The molecule has 2 atom stereocenters. The number of hydrogen-bond donors (Lipinski definition) is 2. The number of carbonyl (C=O) groups is 4. The molecule has 4 aromatic rings. The van der Waals surface area contributed by atoms with Gasteiger partial charge in [0, 0.05) is 24.3 Å². The molecule has 1 aromatic heterocycles. The number of amides is 4. The third kappa shape index (κ3) is 9.68. The van der Waals surface area contributed by atoms with Crippen LogP contribution in [0.15, 0.2) is 83.7 Å². The predicted molar refractivity (Wildman–Crippen MR) is 253 cm³/mol. The van der Waals surface area contributed by atoms with Crippen LogP contribution in [0.2, 0.25) is 5.02 Å². The summed E-state index contributed by atoms with van der Waals surface area (Å²) in [6.45, 7) is 11.1. The van der Waals surface area contributed by atoms with Crippen LogP contribution >= 0.6 is 23.8 Å². The van der Waals surface area contributed by atoms with Crippen LogP contribution < -0.4 is 25.2 Å². The van der Waals surface area contributed by atoms with Crippen LogP contribution in [0.1, 0.15) is 84.3 Å². The van der Waals surface area contributed by atoms with Gasteiger partial charge in [0.25, 0.3) is 5.91 Å². The minimum atomic E-state index is -0.954. The van der Waals surface area contributed by atoms with Gasteiger partial charge in [0.1, 0.15) is 36.0 Å². The molecule has 2 N–H and O–H groups in total. The Kier molecular flexibility index (Phi) is 13.3. The Morgan fingerprint density at radius 2 is 1.68 bits per heavy atom. The van der Waals surface area contributed by atoms with Gasteiger partial charge in [-0.25, -0.2) is 4.98 Å². The number of halogens is 1. The third-order valence-corrected chi connectivity index (χ3v) is 14.1. The quantitative estimate of drug-likeness (QED) is 0.111. The molecule has 1 spiro atoms. The zero-order valence-corrected chi connectivity index (χ0v) is 39.5. The van der Waals surface area contributed by atoms with Gasteiger partial charge in [0.2, 0.25) is 17.7 Å². The van der Waals surface area contributed by atoms with Crippen molar-refractivity contribution in [3.63, 3.8) is 0 Å². The number of hydrogen-bond acceptors (Lipinski definition) is 10. The first-order chi connectivity index (χ1) is 31.5. The average Bonchev–Trinajstić information content (AvgIpc) is 4.02. The van der Waals surface area contributed by atoms with E-state index in [2.05, 4.69) is 15.6 Å². The van der Waals surface area contributed by atoms with Crippen LogP contribution in [0.3, 0.4) is 0 Å². The maximum atomic E-state index is 14.0. The van der Waals surface area contributed by atoms with Crippen molar-refractivity contribution in [1.82, 2.24) is 20.5 Å². The molecule has 8 rings (SSSR count). The first kappa shape index (κ1) is 46.7. The SMILES string of the molecule is CC(C)(C)C(NC(=O)COCC1CC2(C1)CC(COc1ccc(N3C(=S)N(c4ccc(C#N)c(Cl)c4)C(=O)C3(C)C)cc1)C2)C(=O)N1CCC[C@H]1C(=O)NCc1ccc(-c2cnco2)cc1. The molecule has 66 heavy (non-hydrogen) atoms. The lowest BCUT2D eigenvalue weighted by atomic mass is 9.48. The number of likely N-dealkylation sites (tertiary alicyclic amines) is 1. The summed E-state index contributed by atoms with van der Waals surface area (Å²) in [4.78, 5) is 63.0. The van der Waals surface area contributed by atoms with Crippen molar-refractivity contribution in [3.05, 3.63) is 95.5 Å². The van der Waals surface area contributed by atoms with E-state index in [-0.39, 0.29) is 35.3 Å². The highest BCUT2D eigenvalue weighted by molar-refractivity contribution is 7.81. The fourth-order valence-electron chi connectivity index (χ4n) is 10.1. The molecule has 2 saturated carbocycles. The highest BCUT2D eigenvalue weighted by atomic mass is 35.5. The van der Waals surface area contributed by atoms with Crippen molar-refractivity contribution in [2.45, 2.75) is 97.3 Å². The van der Waals surface area contributed by atoms with E-state index in [4.69, 9.17) is 37.7 Å². The minimum absolute atomic E-state index is 0.140. The lowest BCUT2D eigenvalue weighted by Crippen LogP contribution is -2.58. The Labute approximate surface area is 395 Å². The normalized spacial score (nSPS) is 22.7. The zero-order chi connectivity index (χ0) is 47.0. The molecule has 2 aliphatic heterocycles. The van der Waals surface area contributed by atoms with E-state index in [9.17, 15) is 24.4 Å². The fraction of sp³-hybridized carbons (Fsp3) is 0.460. The van der Waals surface area contributed by atoms with E-state index >= 15 is 0 Å². The average molecular weight is 935 g/mol. The Morgan fingerprint density at radius 1 is 1.00 bits per heavy atom. The standard InChI is InChI=1S/C50H56ClN7O7S/c1-48(2,3)43(45(61)56-18-6-7-40(56)44(60)54-25-31-8-10-34(11-9-31)41-26-53-30-65-41)55-42(59)29-63-27-32-20-50(21-32)22-33(23-50)28-64-38-16-14-36(15-17-38)58-47(66)57(46(62)49(58,4)5)37-13-12-35(24-52)39(51)19-37/h8-17,19,26,30,32-33,40,43H,6-7,18,20-23,25,27-29H2,1-5H3,(H,54,60)(H,55,59)/t32?,33?,40-,43?,50?/m0/s1. The molecule has 4 amide bonds. The highest BCUT2D eigenvalue weighted by Gasteiger charge is 2.53. The smallest absolute Gasteiger partial charge is 0.259 e. The predicted octanol–water partition coefficient (Wildman–Crippen LogP) is 7.82. The monoisotopic (exact) mass is 933 g/mol. The van der Waals surface area contributed by atoms with Crippen molar-refractivity contribution in [1.29, 1.82) is 5.26 Å². The zero-order valence-electron chi connectivity index (χ0n) is 38.0. The molecule has 1 unspecified atom stereocenters. The number of rotatable bonds is 15. The van der Waals surface area contributed by atoms with Crippen LogP contribution in [-0.2, 0) is 30.5 Å². The largest absolute Gasteiger partial charge is 0.493 e. The Morgan fingerprint density at radius 3 is 2.32 bits per heavy atom. The molecule has 4 fully saturated rings. The number of oxazole rings is 1. The number of nitrogens with one attached hydrogen (secondary N) is 2. The molecular formula is C50H56ClN7O7S. The van der Waals surface area contributed by atoms with Gasteiger partial charge in [-0.05, 0) is 135 Å². The van der Waals surface area contributed by atoms with Crippen LogP contribution in [0.25, 0.3) is 11.3 Å². The molecule has 2 aliphatic carbocycles. The van der Waals surface area contributed by atoms with Crippen molar-refractivity contribution in [3.8, 4) is 23.1 Å². The van der Waals surface area contributed by atoms with E-state index < -0.39 is 23.0 Å². The van der Waals surface area contributed by atoms with Gasteiger partial charge >= 0.3 is 0 Å². The third-order valence-electron chi connectivity index (χ3n) is 13.4. The van der Waals surface area contributed by atoms with Crippen molar-refractivity contribution >= 4 is 63.9 Å². The second-order valence-electron chi connectivity index (χ2n) is 19.8. The van der Waals surface area contributed by atoms with E-state index in [0.717, 1.165) is 48.2 Å². The Bertz CT molecular complexity index is 2500. The molecule has 3 heterocycles. The van der Waals surface area contributed by atoms with Gasteiger partial charge in [-0.15, -0.1) is 0 Å². The summed E-state index contributed by atoms with van der Waals surface area (Å²) in [7, 11) is 0. The number of nitriles is 1. The highest BCUT2D eigenvalue weighted by Crippen LogP contribution is 2.61. The van der Waals surface area contributed by atoms with Crippen molar-refractivity contribution < 1.29 is 33.1 Å². The maximum Gasteiger partial charge on any atom is 0.259 e. The number of anilines is 2. The van der Waals surface area contributed by atoms with E-state index in [1.165, 1.54) is 11.3 Å². The molecule has 0 radical (unpaired) electrons. The first-order valence-corrected chi connectivity index (χ1v) is 23.3. The second-order valence-corrected chi connectivity index (χ2v) is 20.6. The van der Waals surface area contributed by atoms with E-state index in [1.54, 1.807) is 29.3 Å². The molecular weight excluding hydrogens is 878 g/mol. The fourth-order valence-corrected chi connectivity index (χ4v) is 10.8. The molecule has 14 nitrogen and oxygen atoms in total. The summed E-state index contributed by atoms with van der Waals surface area (Å²) in [5, 5.41) is 15.8. The van der Waals surface area contributed by atoms with Gasteiger partial charge in [-0.1, -0.05) is 56.6 Å². The van der Waals surface area contributed by atoms with Gasteiger partial charge in [-0.3, -0.25) is 24.1 Å². The summed E-state index contributed by atoms with van der Waals surface area (Å²) < 4.78 is 17.5. The van der Waals surface area contributed by atoms with Crippen molar-refractivity contribution in [2.24, 2.45) is 22.7 Å². The van der Waals surface area contributed by atoms with Gasteiger partial charge < -0.3 is 34.3 Å². The number of carbonyl (C=O) groups excluding carboxylic acids is 4. The molecule has 0 bridgehead atoms. The van der Waals surface area contributed by atoms with Crippen LogP contribution in [0.4, 0.5) is 11.4 Å². The van der Waals surface area contributed by atoms with Crippen LogP contribution in [0.5, 0.6) is 5.75 Å². The topological polar surface area (TPSA) is 170 Å². The molecule has 346 valence electrons. The second kappa shape index (κ2) is 18.8. The Balaban J connectivity index is 0.742. The molecule has 16 heteroatoms. The molecule has 4 aliphatic rings. The first-order valence-electron chi connectivity index (χ1n) is 22.5. The number of aromatic nitrogens is 1.